The molecule has 0 heterocycles. The van der Waals surface area contributed by atoms with Gasteiger partial charge in [-0.15, -0.1) is 0 Å². The van der Waals surface area contributed by atoms with E-state index < -0.39 is 0 Å². The van der Waals surface area contributed by atoms with E-state index in [1.165, 1.54) is 0 Å². The molecule has 0 fully saturated rings. The third-order valence-electron chi connectivity index (χ3n) is 2.60. The summed E-state index contributed by atoms with van der Waals surface area (Å²) in [5.41, 5.74) is 5.68. The first-order valence-electron chi connectivity index (χ1n) is 5.36. The summed E-state index contributed by atoms with van der Waals surface area (Å²) in [4.78, 5) is 13.5. The maximum Gasteiger partial charge on any atom is 0.226 e. The van der Waals surface area contributed by atoms with Crippen LogP contribution in [-0.2, 0) is 4.79 Å². The van der Waals surface area contributed by atoms with Gasteiger partial charge in [0.15, 0.2) is 0 Å². The van der Waals surface area contributed by atoms with Crippen molar-refractivity contribution in [3.8, 4) is 0 Å². The zero-order valence-electron chi connectivity index (χ0n) is 10.1. The smallest absolute Gasteiger partial charge is 0.226 e. The van der Waals surface area contributed by atoms with Crippen molar-refractivity contribution in [3.05, 3.63) is 0 Å². The molecule has 3 heteroatoms. The van der Waals surface area contributed by atoms with Crippen LogP contribution < -0.4 is 5.73 Å². The molecule has 2 atom stereocenters. The predicted molar refractivity (Wildman–Crippen MR) is 59.9 cm³/mol. The highest BCUT2D eigenvalue weighted by molar-refractivity contribution is 5.78. The summed E-state index contributed by atoms with van der Waals surface area (Å²) in [5, 5.41) is 0. The number of carbonyl (C=O) groups is 1. The minimum absolute atomic E-state index is 0.0657. The van der Waals surface area contributed by atoms with Crippen LogP contribution in [-0.4, -0.2) is 30.4 Å². The first-order chi connectivity index (χ1) is 6.36. The Balaban J connectivity index is 3.99. The lowest BCUT2D eigenvalue weighted by Gasteiger charge is -2.24. The maximum atomic E-state index is 11.7. The Hall–Kier alpha value is -0.570. The normalized spacial score (nSPS) is 15.4. The van der Waals surface area contributed by atoms with E-state index in [1.807, 2.05) is 20.9 Å². The van der Waals surface area contributed by atoms with Gasteiger partial charge < -0.3 is 10.6 Å². The molecule has 0 bridgehead atoms. The highest BCUT2D eigenvalue weighted by Crippen LogP contribution is 2.07. The van der Waals surface area contributed by atoms with Crippen LogP contribution in [0.4, 0.5) is 0 Å². The van der Waals surface area contributed by atoms with Gasteiger partial charge in [0.1, 0.15) is 0 Å². The monoisotopic (exact) mass is 200 g/mol. The second-order valence-electron chi connectivity index (χ2n) is 4.59. The second-order valence-corrected chi connectivity index (χ2v) is 4.59. The fraction of sp³-hybridized carbons (Fsp3) is 0.909. The van der Waals surface area contributed by atoms with Gasteiger partial charge in [0.25, 0.3) is 0 Å². The molecule has 0 aromatic heterocycles. The van der Waals surface area contributed by atoms with E-state index in [1.54, 1.807) is 4.90 Å². The summed E-state index contributed by atoms with van der Waals surface area (Å²) < 4.78 is 0. The van der Waals surface area contributed by atoms with Crippen LogP contribution in [0, 0.1) is 11.8 Å². The lowest BCUT2D eigenvalue weighted by molar-refractivity contribution is -0.134. The molecule has 0 aromatic rings. The number of hydrogen-bond acceptors (Lipinski definition) is 2. The average Bonchev–Trinajstić information content (AvgIpc) is 2.11. The Morgan fingerprint density at radius 1 is 1.29 bits per heavy atom. The highest BCUT2D eigenvalue weighted by atomic mass is 16.2. The topological polar surface area (TPSA) is 46.3 Å². The summed E-state index contributed by atoms with van der Waals surface area (Å²) in [7, 11) is 1.85. The Morgan fingerprint density at radius 2 is 1.79 bits per heavy atom. The first kappa shape index (κ1) is 13.4. The third-order valence-corrected chi connectivity index (χ3v) is 2.60. The molecule has 3 nitrogen and oxygen atoms in total. The molecule has 0 aromatic carbocycles. The number of carbonyl (C=O) groups excluding carboxylic acids is 1. The quantitative estimate of drug-likeness (QED) is 0.730. The molecule has 0 aliphatic rings. The number of nitrogens with two attached hydrogens (primary N) is 1. The van der Waals surface area contributed by atoms with Gasteiger partial charge in [-0.3, -0.25) is 4.79 Å². The van der Waals surface area contributed by atoms with E-state index in [9.17, 15) is 4.79 Å². The van der Waals surface area contributed by atoms with Gasteiger partial charge in [-0.2, -0.15) is 0 Å². The van der Waals surface area contributed by atoms with Crippen molar-refractivity contribution in [1.82, 2.24) is 4.90 Å². The van der Waals surface area contributed by atoms with Crippen LogP contribution in [0.15, 0.2) is 0 Å². The second kappa shape index (κ2) is 6.02. The molecular formula is C11H24N2O. The van der Waals surface area contributed by atoms with E-state index in [-0.39, 0.29) is 17.9 Å². The van der Waals surface area contributed by atoms with Crippen molar-refractivity contribution >= 4 is 5.91 Å². The van der Waals surface area contributed by atoms with Gasteiger partial charge in [-0.1, -0.05) is 20.8 Å². The molecule has 14 heavy (non-hydrogen) atoms. The summed E-state index contributed by atoms with van der Waals surface area (Å²) >= 11 is 0. The Kier molecular flexibility index (Phi) is 5.77. The summed E-state index contributed by atoms with van der Waals surface area (Å²) in [6.07, 6.45) is 1.05. The molecule has 0 rings (SSSR count). The molecule has 84 valence electrons. The summed E-state index contributed by atoms with van der Waals surface area (Å²) in [6, 6.07) is -0.0657. The lowest BCUT2D eigenvalue weighted by Crippen LogP contribution is -2.40. The average molecular weight is 200 g/mol. The molecule has 0 aliphatic heterocycles. The van der Waals surface area contributed by atoms with Crippen molar-refractivity contribution in [3.63, 3.8) is 0 Å². The molecule has 0 spiro atoms. The zero-order valence-corrected chi connectivity index (χ0v) is 10.1. The zero-order chi connectivity index (χ0) is 11.3. The minimum atomic E-state index is -0.0767. The molecule has 0 radical (unpaired) electrons. The van der Waals surface area contributed by atoms with E-state index in [2.05, 4.69) is 13.8 Å². The van der Waals surface area contributed by atoms with Gasteiger partial charge in [-0.25, -0.2) is 0 Å². The molecule has 0 saturated carbocycles. The van der Waals surface area contributed by atoms with Crippen molar-refractivity contribution in [2.45, 2.75) is 40.2 Å². The van der Waals surface area contributed by atoms with Crippen molar-refractivity contribution in [2.24, 2.45) is 17.6 Å². The predicted octanol–water partition coefficient (Wildman–Crippen LogP) is 1.47. The van der Waals surface area contributed by atoms with E-state index >= 15 is 0 Å². The fourth-order valence-electron chi connectivity index (χ4n) is 1.13. The Morgan fingerprint density at radius 3 is 2.14 bits per heavy atom. The van der Waals surface area contributed by atoms with Crippen LogP contribution in [0.2, 0.25) is 0 Å². The Bertz CT molecular complexity index is 178. The SMILES string of the molecule is CC(C)CCN(C)C(=O)C(C)C(C)N. The van der Waals surface area contributed by atoms with Crippen molar-refractivity contribution < 1.29 is 4.79 Å². The Labute approximate surface area is 87.6 Å². The van der Waals surface area contributed by atoms with Crippen LogP contribution in [0.3, 0.4) is 0 Å². The van der Waals surface area contributed by atoms with Crippen LogP contribution in [0.25, 0.3) is 0 Å². The van der Waals surface area contributed by atoms with Gasteiger partial charge in [0.2, 0.25) is 5.91 Å². The van der Waals surface area contributed by atoms with E-state index in [4.69, 9.17) is 5.73 Å². The number of hydrogen-bond donors (Lipinski definition) is 1. The summed E-state index contributed by atoms with van der Waals surface area (Å²) in [5.74, 6) is 0.712. The molecule has 0 saturated heterocycles. The van der Waals surface area contributed by atoms with Gasteiger partial charge >= 0.3 is 0 Å². The number of nitrogens with zero attached hydrogens (tertiary/aromatic N) is 1. The summed E-state index contributed by atoms with van der Waals surface area (Å²) in [6.45, 7) is 8.91. The molecule has 1 amide bonds. The van der Waals surface area contributed by atoms with Crippen molar-refractivity contribution in [1.29, 1.82) is 0 Å². The minimum Gasteiger partial charge on any atom is -0.345 e. The molecule has 0 aliphatic carbocycles. The maximum absolute atomic E-state index is 11.7. The number of rotatable bonds is 5. The van der Waals surface area contributed by atoms with E-state index in [0.29, 0.717) is 5.92 Å². The largest absolute Gasteiger partial charge is 0.345 e. The molecule has 2 unspecified atom stereocenters. The highest BCUT2D eigenvalue weighted by Gasteiger charge is 2.20. The molecule has 2 N–H and O–H groups in total. The standard InChI is InChI=1S/C11H24N2O/c1-8(2)6-7-13(5)11(14)9(3)10(4)12/h8-10H,6-7,12H2,1-5H3. The van der Waals surface area contributed by atoms with Crippen LogP contribution in [0.1, 0.15) is 34.1 Å². The lowest BCUT2D eigenvalue weighted by atomic mass is 10.0. The molecular weight excluding hydrogens is 176 g/mol. The van der Waals surface area contributed by atoms with Gasteiger partial charge in [0, 0.05) is 19.6 Å². The van der Waals surface area contributed by atoms with Gasteiger partial charge in [-0.05, 0) is 19.3 Å². The van der Waals surface area contributed by atoms with E-state index in [0.717, 1.165) is 13.0 Å². The van der Waals surface area contributed by atoms with Crippen molar-refractivity contribution in [2.75, 3.05) is 13.6 Å². The fourth-order valence-corrected chi connectivity index (χ4v) is 1.13. The third kappa shape index (κ3) is 4.61. The first-order valence-corrected chi connectivity index (χ1v) is 5.36. The van der Waals surface area contributed by atoms with Gasteiger partial charge in [0.05, 0.1) is 5.92 Å². The van der Waals surface area contributed by atoms with Crippen LogP contribution >= 0.6 is 0 Å². The van der Waals surface area contributed by atoms with Crippen LogP contribution in [0.5, 0.6) is 0 Å². The number of amides is 1.